The van der Waals surface area contributed by atoms with Crippen molar-refractivity contribution in [2.75, 3.05) is 0 Å². The molecular formula is C48H32N2. The minimum atomic E-state index is 1.15. The third kappa shape index (κ3) is 4.50. The highest BCUT2D eigenvalue weighted by Gasteiger charge is 2.20. The van der Waals surface area contributed by atoms with E-state index in [0.29, 0.717) is 0 Å². The second-order valence-electron chi connectivity index (χ2n) is 13.0. The molecule has 0 saturated heterocycles. The molecule has 0 atom stereocenters. The van der Waals surface area contributed by atoms with E-state index in [1.807, 2.05) is 0 Å². The first kappa shape index (κ1) is 28.4. The van der Waals surface area contributed by atoms with Crippen LogP contribution < -0.4 is 0 Å². The Balaban J connectivity index is 1.26. The number of benzene rings is 8. The average molecular weight is 637 g/mol. The molecule has 0 aliphatic heterocycles. The molecule has 0 unspecified atom stereocenters. The SMILES string of the molecule is c1ccc(-c2cc(-c3ccccc3)c3c4cc(-c5ccc6c(c5)c5ccccc5n6-c5ccccc5)ccc4n(-c4ccccc4)c3c2)cc1. The van der Waals surface area contributed by atoms with Crippen LogP contribution in [0.1, 0.15) is 0 Å². The van der Waals surface area contributed by atoms with Crippen LogP contribution in [0.25, 0.3) is 88.4 Å². The third-order valence-electron chi connectivity index (χ3n) is 10.1. The van der Waals surface area contributed by atoms with Gasteiger partial charge in [-0.2, -0.15) is 0 Å². The monoisotopic (exact) mass is 636 g/mol. The maximum atomic E-state index is 2.43. The van der Waals surface area contributed by atoms with Gasteiger partial charge in [0.05, 0.1) is 22.1 Å². The van der Waals surface area contributed by atoms with E-state index in [0.717, 1.165) is 5.69 Å². The first-order valence-electron chi connectivity index (χ1n) is 17.2. The smallest absolute Gasteiger partial charge is 0.0553 e. The van der Waals surface area contributed by atoms with Crippen molar-refractivity contribution in [2.24, 2.45) is 0 Å². The van der Waals surface area contributed by atoms with E-state index in [1.54, 1.807) is 0 Å². The number of para-hydroxylation sites is 3. The van der Waals surface area contributed by atoms with E-state index >= 15 is 0 Å². The minimum Gasteiger partial charge on any atom is -0.309 e. The Morgan fingerprint density at radius 3 is 1.38 bits per heavy atom. The third-order valence-corrected chi connectivity index (χ3v) is 10.1. The van der Waals surface area contributed by atoms with E-state index in [-0.39, 0.29) is 0 Å². The predicted molar refractivity (Wildman–Crippen MR) is 211 cm³/mol. The molecule has 2 aromatic heterocycles. The number of hydrogen-bond donors (Lipinski definition) is 0. The number of fused-ring (bicyclic) bond motifs is 6. The molecule has 0 amide bonds. The summed E-state index contributed by atoms with van der Waals surface area (Å²) in [6, 6.07) is 70.4. The first-order valence-corrected chi connectivity index (χ1v) is 17.2. The van der Waals surface area contributed by atoms with Gasteiger partial charge in [0.2, 0.25) is 0 Å². The molecule has 2 heterocycles. The van der Waals surface area contributed by atoms with Gasteiger partial charge in [-0.1, -0.05) is 127 Å². The lowest BCUT2D eigenvalue weighted by Gasteiger charge is -2.12. The van der Waals surface area contributed by atoms with Crippen LogP contribution in [-0.2, 0) is 0 Å². The van der Waals surface area contributed by atoms with Crippen molar-refractivity contribution < 1.29 is 0 Å². The molecule has 0 saturated carbocycles. The van der Waals surface area contributed by atoms with Gasteiger partial charge in [0.1, 0.15) is 0 Å². The van der Waals surface area contributed by atoms with E-state index in [4.69, 9.17) is 0 Å². The zero-order chi connectivity index (χ0) is 33.0. The minimum absolute atomic E-state index is 1.15. The average Bonchev–Trinajstić information content (AvgIpc) is 3.71. The molecule has 10 rings (SSSR count). The maximum absolute atomic E-state index is 2.43. The lowest BCUT2D eigenvalue weighted by atomic mass is 9.93. The summed E-state index contributed by atoms with van der Waals surface area (Å²) in [5.74, 6) is 0. The fourth-order valence-corrected chi connectivity index (χ4v) is 7.83. The van der Waals surface area contributed by atoms with Crippen LogP contribution in [0.4, 0.5) is 0 Å². The molecule has 0 spiro atoms. The van der Waals surface area contributed by atoms with E-state index in [9.17, 15) is 0 Å². The van der Waals surface area contributed by atoms with Crippen molar-refractivity contribution in [1.29, 1.82) is 0 Å². The molecule has 234 valence electrons. The van der Waals surface area contributed by atoms with Crippen molar-refractivity contribution in [3.8, 4) is 44.8 Å². The Morgan fingerprint density at radius 2 is 0.740 bits per heavy atom. The van der Waals surface area contributed by atoms with Crippen LogP contribution >= 0.6 is 0 Å². The molecule has 0 aliphatic rings. The van der Waals surface area contributed by atoms with Crippen LogP contribution in [0.5, 0.6) is 0 Å². The quantitative estimate of drug-likeness (QED) is 0.178. The highest BCUT2D eigenvalue weighted by atomic mass is 15.0. The maximum Gasteiger partial charge on any atom is 0.0553 e. The van der Waals surface area contributed by atoms with Crippen LogP contribution in [-0.4, -0.2) is 9.13 Å². The van der Waals surface area contributed by atoms with Crippen molar-refractivity contribution in [2.45, 2.75) is 0 Å². The van der Waals surface area contributed by atoms with E-state index < -0.39 is 0 Å². The van der Waals surface area contributed by atoms with Crippen molar-refractivity contribution in [1.82, 2.24) is 9.13 Å². The molecule has 10 aromatic rings. The van der Waals surface area contributed by atoms with E-state index in [1.165, 1.54) is 82.7 Å². The highest BCUT2D eigenvalue weighted by molar-refractivity contribution is 6.18. The largest absolute Gasteiger partial charge is 0.309 e. The van der Waals surface area contributed by atoms with E-state index in [2.05, 4.69) is 203 Å². The van der Waals surface area contributed by atoms with Gasteiger partial charge in [-0.25, -0.2) is 0 Å². The normalized spacial score (nSPS) is 11.6. The molecule has 0 N–H and O–H groups in total. The van der Waals surface area contributed by atoms with Gasteiger partial charge in [0.25, 0.3) is 0 Å². The number of hydrogen-bond acceptors (Lipinski definition) is 0. The molecule has 0 bridgehead atoms. The molecule has 0 aliphatic carbocycles. The molecule has 8 aromatic carbocycles. The van der Waals surface area contributed by atoms with Gasteiger partial charge < -0.3 is 9.13 Å². The predicted octanol–water partition coefficient (Wildman–Crippen LogP) is 12.9. The summed E-state index contributed by atoms with van der Waals surface area (Å²) in [7, 11) is 0. The second kappa shape index (κ2) is 11.5. The molecule has 2 nitrogen and oxygen atoms in total. The summed E-state index contributed by atoms with van der Waals surface area (Å²) in [5.41, 5.74) is 14.4. The van der Waals surface area contributed by atoms with Gasteiger partial charge in [-0.3, -0.25) is 0 Å². The first-order chi connectivity index (χ1) is 24.8. The molecule has 0 fully saturated rings. The van der Waals surface area contributed by atoms with Gasteiger partial charge in [0, 0.05) is 32.9 Å². The highest BCUT2D eigenvalue weighted by Crippen LogP contribution is 2.43. The fraction of sp³-hybridized carbons (Fsp3) is 0. The Hall–Kier alpha value is -6.64. The van der Waals surface area contributed by atoms with Crippen molar-refractivity contribution in [3.63, 3.8) is 0 Å². The summed E-state index contributed by atoms with van der Waals surface area (Å²) in [6.45, 7) is 0. The number of aromatic nitrogens is 2. The fourth-order valence-electron chi connectivity index (χ4n) is 7.83. The molecular weight excluding hydrogens is 605 g/mol. The Labute approximate surface area is 290 Å². The van der Waals surface area contributed by atoms with Crippen LogP contribution in [0.3, 0.4) is 0 Å². The molecule has 50 heavy (non-hydrogen) atoms. The summed E-state index contributed by atoms with van der Waals surface area (Å²) >= 11 is 0. The Kier molecular flexibility index (Phi) is 6.53. The molecule has 2 heteroatoms. The van der Waals surface area contributed by atoms with Crippen molar-refractivity contribution in [3.05, 3.63) is 194 Å². The summed E-state index contributed by atoms with van der Waals surface area (Å²) in [6.07, 6.45) is 0. The van der Waals surface area contributed by atoms with Gasteiger partial charge in [0.15, 0.2) is 0 Å². The summed E-state index contributed by atoms with van der Waals surface area (Å²) < 4.78 is 4.81. The van der Waals surface area contributed by atoms with Crippen molar-refractivity contribution >= 4 is 43.6 Å². The van der Waals surface area contributed by atoms with Gasteiger partial charge in [-0.05, 0) is 100 Å². The standard InChI is InChI=1S/C48H32N2/c1-5-15-33(16-6-1)37-31-41(34-17-7-2-8-18-34)48-43-30-36(26-28-46(43)50(47(48)32-37)39-21-11-4-12-22-39)35-25-27-45-42(29-35)40-23-13-14-24-44(40)49(45)38-19-9-3-10-20-38/h1-32H. The Bertz CT molecular complexity index is 2830. The van der Waals surface area contributed by atoms with Gasteiger partial charge >= 0.3 is 0 Å². The van der Waals surface area contributed by atoms with Crippen LogP contribution in [0, 0.1) is 0 Å². The van der Waals surface area contributed by atoms with Crippen LogP contribution in [0.2, 0.25) is 0 Å². The molecule has 0 radical (unpaired) electrons. The van der Waals surface area contributed by atoms with Gasteiger partial charge in [-0.15, -0.1) is 0 Å². The Morgan fingerprint density at radius 1 is 0.260 bits per heavy atom. The topological polar surface area (TPSA) is 9.86 Å². The lowest BCUT2D eigenvalue weighted by molar-refractivity contribution is 1.18. The zero-order valence-corrected chi connectivity index (χ0v) is 27.4. The second-order valence-corrected chi connectivity index (χ2v) is 13.0. The van der Waals surface area contributed by atoms with Crippen LogP contribution in [0.15, 0.2) is 194 Å². The number of nitrogens with zero attached hydrogens (tertiary/aromatic N) is 2. The zero-order valence-electron chi connectivity index (χ0n) is 27.4. The summed E-state index contributed by atoms with van der Waals surface area (Å²) in [5, 5.41) is 5.02. The lowest BCUT2D eigenvalue weighted by Crippen LogP contribution is -1.94. The summed E-state index contributed by atoms with van der Waals surface area (Å²) in [4.78, 5) is 0. The number of rotatable bonds is 5.